The van der Waals surface area contributed by atoms with E-state index in [9.17, 15) is 13.2 Å². The first-order chi connectivity index (χ1) is 8.38. The highest BCUT2D eigenvalue weighted by molar-refractivity contribution is 7.89. The zero-order valence-corrected chi connectivity index (χ0v) is 10.5. The Morgan fingerprint density at radius 3 is 2.67 bits per heavy atom. The van der Waals surface area contributed by atoms with Crippen molar-refractivity contribution in [2.24, 2.45) is 5.14 Å². The fourth-order valence-electron chi connectivity index (χ4n) is 1.39. The zero-order chi connectivity index (χ0) is 13.3. The number of hydrogen-bond acceptors (Lipinski definition) is 4. The minimum atomic E-state index is -3.86. The van der Waals surface area contributed by atoms with Crippen molar-refractivity contribution in [3.05, 3.63) is 46.1 Å². The number of halogens is 1. The van der Waals surface area contributed by atoms with E-state index in [2.05, 4.69) is 9.97 Å². The Labute approximate surface area is 107 Å². The van der Waals surface area contributed by atoms with Crippen molar-refractivity contribution in [1.29, 1.82) is 0 Å². The summed E-state index contributed by atoms with van der Waals surface area (Å²) < 4.78 is 22.4. The van der Waals surface area contributed by atoms with Crippen LogP contribution in [0, 0.1) is 0 Å². The third kappa shape index (κ3) is 2.58. The Morgan fingerprint density at radius 1 is 1.28 bits per heavy atom. The molecule has 0 aliphatic rings. The van der Waals surface area contributed by atoms with E-state index in [1.54, 1.807) is 0 Å². The van der Waals surface area contributed by atoms with E-state index >= 15 is 0 Å². The summed E-state index contributed by atoms with van der Waals surface area (Å²) in [6.45, 7) is 0. The second kappa shape index (κ2) is 4.52. The van der Waals surface area contributed by atoms with E-state index < -0.39 is 15.6 Å². The molecule has 8 heteroatoms. The van der Waals surface area contributed by atoms with Gasteiger partial charge in [-0.15, -0.1) is 0 Å². The van der Waals surface area contributed by atoms with Crippen LogP contribution in [0.1, 0.15) is 0 Å². The standard InChI is InChI=1S/C10H8ClN3O3S/c11-7-2-9(10(15)14-4-7)6-1-8(5-13-3-6)18(12,16)17/h1-5H,(H,14,15)(H2,12,16,17). The van der Waals surface area contributed by atoms with Gasteiger partial charge in [0.25, 0.3) is 5.56 Å². The van der Waals surface area contributed by atoms with Gasteiger partial charge in [-0.25, -0.2) is 13.6 Å². The fourth-order valence-corrected chi connectivity index (χ4v) is 2.06. The van der Waals surface area contributed by atoms with Gasteiger partial charge < -0.3 is 4.98 Å². The van der Waals surface area contributed by atoms with Gasteiger partial charge in [-0.1, -0.05) is 11.6 Å². The minimum Gasteiger partial charge on any atom is -0.327 e. The SMILES string of the molecule is NS(=O)(=O)c1cncc(-c2cc(Cl)c[nH]c2=O)c1. The first-order valence-electron chi connectivity index (χ1n) is 4.74. The lowest BCUT2D eigenvalue weighted by Gasteiger charge is -2.03. The molecule has 2 heterocycles. The summed E-state index contributed by atoms with van der Waals surface area (Å²) in [6.07, 6.45) is 3.80. The van der Waals surface area contributed by atoms with Crippen molar-refractivity contribution in [2.45, 2.75) is 4.90 Å². The van der Waals surface area contributed by atoms with Crippen molar-refractivity contribution < 1.29 is 8.42 Å². The van der Waals surface area contributed by atoms with E-state index in [1.807, 2.05) is 0 Å². The van der Waals surface area contributed by atoms with E-state index in [-0.39, 0.29) is 10.5 Å². The number of aromatic nitrogens is 2. The Morgan fingerprint density at radius 2 is 2.00 bits per heavy atom. The summed E-state index contributed by atoms with van der Waals surface area (Å²) in [6, 6.07) is 2.69. The maximum absolute atomic E-state index is 11.6. The maximum atomic E-state index is 11.6. The number of primary sulfonamides is 1. The van der Waals surface area contributed by atoms with Gasteiger partial charge in [0, 0.05) is 24.2 Å². The van der Waals surface area contributed by atoms with Gasteiger partial charge in [-0.3, -0.25) is 9.78 Å². The highest BCUT2D eigenvalue weighted by atomic mass is 35.5. The number of rotatable bonds is 2. The van der Waals surface area contributed by atoms with Crippen LogP contribution in [-0.4, -0.2) is 18.4 Å². The Bertz CT molecular complexity index is 755. The largest absolute Gasteiger partial charge is 0.327 e. The molecule has 2 aromatic heterocycles. The van der Waals surface area contributed by atoms with Crippen molar-refractivity contribution in [1.82, 2.24) is 9.97 Å². The molecule has 0 fully saturated rings. The van der Waals surface area contributed by atoms with Gasteiger partial charge in [0.15, 0.2) is 0 Å². The van der Waals surface area contributed by atoms with Gasteiger partial charge in [-0.05, 0) is 12.1 Å². The third-order valence-electron chi connectivity index (χ3n) is 2.22. The van der Waals surface area contributed by atoms with Gasteiger partial charge in [-0.2, -0.15) is 0 Å². The topological polar surface area (TPSA) is 106 Å². The molecular weight excluding hydrogens is 278 g/mol. The number of nitrogens with zero attached hydrogens (tertiary/aromatic N) is 1. The second-order valence-corrected chi connectivity index (χ2v) is 5.51. The average Bonchev–Trinajstić information content (AvgIpc) is 2.31. The molecule has 94 valence electrons. The van der Waals surface area contributed by atoms with Crippen LogP contribution in [0.15, 0.2) is 40.4 Å². The lowest BCUT2D eigenvalue weighted by molar-refractivity contribution is 0.597. The number of hydrogen-bond donors (Lipinski definition) is 2. The van der Waals surface area contributed by atoms with Crippen LogP contribution in [-0.2, 0) is 10.0 Å². The van der Waals surface area contributed by atoms with Crippen LogP contribution >= 0.6 is 11.6 Å². The van der Waals surface area contributed by atoms with Crippen LogP contribution in [0.4, 0.5) is 0 Å². The summed E-state index contributed by atoms with van der Waals surface area (Å²) >= 11 is 5.76. The van der Waals surface area contributed by atoms with Crippen LogP contribution < -0.4 is 10.7 Å². The molecule has 0 saturated heterocycles. The molecule has 3 N–H and O–H groups in total. The van der Waals surface area contributed by atoms with Crippen molar-refractivity contribution >= 4 is 21.6 Å². The van der Waals surface area contributed by atoms with Crippen molar-refractivity contribution in [3.8, 4) is 11.1 Å². The van der Waals surface area contributed by atoms with Crippen molar-refractivity contribution in [2.75, 3.05) is 0 Å². The maximum Gasteiger partial charge on any atom is 0.255 e. The normalized spacial score (nSPS) is 11.4. The molecule has 6 nitrogen and oxygen atoms in total. The van der Waals surface area contributed by atoms with E-state index in [0.717, 1.165) is 6.20 Å². The molecule has 0 aliphatic heterocycles. The average molecular weight is 286 g/mol. The Kier molecular flexibility index (Phi) is 3.20. The highest BCUT2D eigenvalue weighted by Crippen LogP contribution is 2.19. The van der Waals surface area contributed by atoms with E-state index in [4.69, 9.17) is 16.7 Å². The number of nitrogens with two attached hydrogens (primary N) is 1. The smallest absolute Gasteiger partial charge is 0.255 e. The molecule has 0 atom stereocenters. The second-order valence-electron chi connectivity index (χ2n) is 3.52. The van der Waals surface area contributed by atoms with E-state index in [0.29, 0.717) is 10.6 Å². The molecule has 0 spiro atoms. The number of H-pyrrole nitrogens is 1. The first-order valence-corrected chi connectivity index (χ1v) is 6.67. The molecule has 2 rings (SSSR count). The van der Waals surface area contributed by atoms with Gasteiger partial charge in [0.2, 0.25) is 10.0 Å². The van der Waals surface area contributed by atoms with Crippen LogP contribution in [0.5, 0.6) is 0 Å². The quantitative estimate of drug-likeness (QED) is 0.848. The molecule has 0 unspecified atom stereocenters. The minimum absolute atomic E-state index is 0.167. The number of nitrogens with one attached hydrogen (secondary N) is 1. The van der Waals surface area contributed by atoms with Crippen LogP contribution in [0.3, 0.4) is 0 Å². The molecule has 0 aliphatic carbocycles. The zero-order valence-electron chi connectivity index (χ0n) is 8.92. The fraction of sp³-hybridized carbons (Fsp3) is 0. The van der Waals surface area contributed by atoms with Gasteiger partial charge in [0.05, 0.1) is 10.6 Å². The third-order valence-corrected chi connectivity index (χ3v) is 3.32. The predicted octanol–water partition coefficient (Wildman–Crippen LogP) is 0.738. The molecule has 0 bridgehead atoms. The summed E-state index contributed by atoms with van der Waals surface area (Å²) in [5.74, 6) is 0. The highest BCUT2D eigenvalue weighted by Gasteiger charge is 2.11. The Hall–Kier alpha value is -1.70. The number of pyridine rings is 2. The molecule has 0 amide bonds. The Balaban J connectivity index is 2.66. The molecule has 2 aromatic rings. The molecule has 0 saturated carbocycles. The summed E-state index contributed by atoms with van der Waals surface area (Å²) in [5.41, 5.74) is 0.151. The summed E-state index contributed by atoms with van der Waals surface area (Å²) in [7, 11) is -3.86. The van der Waals surface area contributed by atoms with Crippen molar-refractivity contribution in [3.63, 3.8) is 0 Å². The van der Waals surface area contributed by atoms with Gasteiger partial charge >= 0.3 is 0 Å². The van der Waals surface area contributed by atoms with Crippen LogP contribution in [0.2, 0.25) is 5.02 Å². The monoisotopic (exact) mass is 285 g/mol. The van der Waals surface area contributed by atoms with E-state index in [1.165, 1.54) is 24.5 Å². The lowest BCUT2D eigenvalue weighted by Crippen LogP contribution is -2.13. The van der Waals surface area contributed by atoms with Gasteiger partial charge in [0.1, 0.15) is 4.90 Å². The number of sulfonamides is 1. The number of aromatic amines is 1. The molecule has 0 aromatic carbocycles. The molecule has 0 radical (unpaired) electrons. The first kappa shape index (κ1) is 12.7. The lowest BCUT2D eigenvalue weighted by atomic mass is 10.1. The molecule has 18 heavy (non-hydrogen) atoms. The summed E-state index contributed by atoms with van der Waals surface area (Å²) in [4.78, 5) is 17.6. The van der Waals surface area contributed by atoms with Crippen LogP contribution in [0.25, 0.3) is 11.1 Å². The summed E-state index contributed by atoms with van der Waals surface area (Å²) in [5, 5.41) is 5.32. The molecular formula is C10H8ClN3O3S. The predicted molar refractivity (Wildman–Crippen MR) is 66.7 cm³/mol.